The summed E-state index contributed by atoms with van der Waals surface area (Å²) in [6, 6.07) is 14.0. The number of benzene rings is 2. The van der Waals surface area contributed by atoms with Crippen molar-refractivity contribution in [3.05, 3.63) is 64.7 Å². The SMILES string of the molecule is C#CN(C(=O)CNC(=O)OC(C)(C)C)C(C(=O)Nc1ccccc1C)c1ccc(C)c(C)c1. The molecule has 0 aliphatic carbocycles. The summed E-state index contributed by atoms with van der Waals surface area (Å²) in [5, 5.41) is 5.27. The molecule has 2 aromatic carbocycles. The Kier molecular flexibility index (Phi) is 8.25. The van der Waals surface area contributed by atoms with E-state index in [1.54, 1.807) is 32.9 Å². The van der Waals surface area contributed by atoms with Crippen molar-refractivity contribution in [2.75, 3.05) is 11.9 Å². The van der Waals surface area contributed by atoms with Gasteiger partial charge in [0.25, 0.3) is 11.8 Å². The molecular weight excluding hydrogens is 418 g/mol. The standard InChI is InChI=1S/C26H31N3O4/c1-8-29(22(30)16-27-25(32)33-26(5,6)7)23(20-14-13-17(2)19(4)15-20)24(31)28-21-12-10-9-11-18(21)3/h1,9-15,23H,16H2,2-7H3,(H,27,32)(H,28,31). The van der Waals surface area contributed by atoms with Crippen LogP contribution in [0.15, 0.2) is 42.5 Å². The van der Waals surface area contributed by atoms with E-state index in [2.05, 4.69) is 16.7 Å². The highest BCUT2D eigenvalue weighted by Crippen LogP contribution is 2.26. The summed E-state index contributed by atoms with van der Waals surface area (Å²) in [4.78, 5) is 39.3. The first-order valence-electron chi connectivity index (χ1n) is 10.6. The lowest BCUT2D eigenvalue weighted by Gasteiger charge is -2.27. The average molecular weight is 450 g/mol. The van der Waals surface area contributed by atoms with Crippen LogP contribution in [0.3, 0.4) is 0 Å². The first kappa shape index (κ1) is 25.5. The number of hydrogen-bond donors (Lipinski definition) is 2. The van der Waals surface area contributed by atoms with Gasteiger partial charge in [0.1, 0.15) is 18.2 Å². The first-order chi connectivity index (χ1) is 15.4. The summed E-state index contributed by atoms with van der Waals surface area (Å²) in [5.74, 6) is -1.08. The van der Waals surface area contributed by atoms with Gasteiger partial charge in [-0.1, -0.05) is 42.8 Å². The van der Waals surface area contributed by atoms with Crippen LogP contribution >= 0.6 is 0 Å². The second-order valence-electron chi connectivity index (χ2n) is 8.80. The van der Waals surface area contributed by atoms with Gasteiger partial charge in [-0.25, -0.2) is 4.79 Å². The molecule has 33 heavy (non-hydrogen) atoms. The minimum atomic E-state index is -1.10. The molecule has 0 bridgehead atoms. The van der Waals surface area contributed by atoms with Gasteiger partial charge < -0.3 is 15.4 Å². The van der Waals surface area contributed by atoms with E-state index in [4.69, 9.17) is 11.2 Å². The zero-order chi connectivity index (χ0) is 24.8. The van der Waals surface area contributed by atoms with Crippen LogP contribution in [0, 0.1) is 33.2 Å². The second-order valence-corrected chi connectivity index (χ2v) is 8.80. The monoisotopic (exact) mass is 449 g/mol. The molecule has 7 heteroatoms. The number of carbonyl (C=O) groups is 3. The predicted molar refractivity (Wildman–Crippen MR) is 128 cm³/mol. The van der Waals surface area contributed by atoms with Crippen molar-refractivity contribution in [2.24, 2.45) is 0 Å². The van der Waals surface area contributed by atoms with E-state index in [1.165, 1.54) is 0 Å². The van der Waals surface area contributed by atoms with Crippen LogP contribution in [0.2, 0.25) is 0 Å². The average Bonchev–Trinajstić information content (AvgIpc) is 2.72. The van der Waals surface area contributed by atoms with Gasteiger partial charge in [-0.15, -0.1) is 0 Å². The van der Waals surface area contributed by atoms with E-state index < -0.39 is 36.1 Å². The second kappa shape index (κ2) is 10.7. The fourth-order valence-corrected chi connectivity index (χ4v) is 3.10. The van der Waals surface area contributed by atoms with Crippen molar-refractivity contribution in [2.45, 2.75) is 53.2 Å². The fourth-order valence-electron chi connectivity index (χ4n) is 3.10. The maximum atomic E-state index is 13.4. The van der Waals surface area contributed by atoms with Crippen molar-refractivity contribution in [1.82, 2.24) is 10.2 Å². The van der Waals surface area contributed by atoms with Gasteiger partial charge in [0, 0.05) is 11.7 Å². The number of hydrogen-bond acceptors (Lipinski definition) is 4. The van der Waals surface area contributed by atoms with Crippen LogP contribution in [-0.4, -0.2) is 35.0 Å². The number of para-hydroxylation sites is 1. The molecule has 174 valence electrons. The van der Waals surface area contributed by atoms with Gasteiger partial charge in [0.15, 0.2) is 0 Å². The van der Waals surface area contributed by atoms with Gasteiger partial charge in [0.2, 0.25) is 0 Å². The Morgan fingerprint density at radius 3 is 2.27 bits per heavy atom. The summed E-state index contributed by atoms with van der Waals surface area (Å²) in [5.41, 5.74) is 3.34. The summed E-state index contributed by atoms with van der Waals surface area (Å²) in [6.45, 7) is 10.5. The largest absolute Gasteiger partial charge is 0.444 e. The Bertz CT molecular complexity index is 1080. The number of alkyl carbamates (subject to hydrolysis) is 1. The first-order valence-corrected chi connectivity index (χ1v) is 10.6. The van der Waals surface area contributed by atoms with Crippen molar-refractivity contribution in [3.63, 3.8) is 0 Å². The number of nitrogens with zero attached hydrogens (tertiary/aromatic N) is 1. The van der Waals surface area contributed by atoms with Gasteiger partial charge in [-0.05, 0) is 69.9 Å². The molecule has 0 heterocycles. The summed E-state index contributed by atoms with van der Waals surface area (Å²) in [7, 11) is 0. The van der Waals surface area contributed by atoms with E-state index in [0.29, 0.717) is 11.3 Å². The highest BCUT2D eigenvalue weighted by molar-refractivity contribution is 5.99. The van der Waals surface area contributed by atoms with Gasteiger partial charge >= 0.3 is 6.09 Å². The van der Waals surface area contributed by atoms with E-state index >= 15 is 0 Å². The van der Waals surface area contributed by atoms with Crippen molar-refractivity contribution in [1.29, 1.82) is 0 Å². The van der Waals surface area contributed by atoms with Gasteiger partial charge in [0.05, 0.1) is 0 Å². The zero-order valence-corrected chi connectivity index (χ0v) is 20.0. The van der Waals surface area contributed by atoms with Crippen molar-refractivity contribution < 1.29 is 19.1 Å². The molecule has 2 aromatic rings. The van der Waals surface area contributed by atoms with Crippen LogP contribution in [0.5, 0.6) is 0 Å². The lowest BCUT2D eigenvalue weighted by atomic mass is 9.99. The molecule has 7 nitrogen and oxygen atoms in total. The van der Waals surface area contributed by atoms with E-state index in [-0.39, 0.29) is 0 Å². The van der Waals surface area contributed by atoms with Gasteiger partial charge in [-0.3, -0.25) is 14.5 Å². The van der Waals surface area contributed by atoms with E-state index in [9.17, 15) is 14.4 Å². The molecule has 0 saturated heterocycles. The molecule has 1 unspecified atom stereocenters. The third-order valence-corrected chi connectivity index (χ3v) is 4.95. The van der Waals surface area contributed by atoms with Crippen LogP contribution in [0.4, 0.5) is 10.5 Å². The van der Waals surface area contributed by atoms with E-state index in [0.717, 1.165) is 21.6 Å². The summed E-state index contributed by atoms with van der Waals surface area (Å²) < 4.78 is 5.16. The molecule has 0 aromatic heterocycles. The lowest BCUT2D eigenvalue weighted by Crippen LogP contribution is -2.44. The maximum Gasteiger partial charge on any atom is 0.408 e. The number of amides is 3. The number of nitrogens with one attached hydrogen (secondary N) is 2. The number of anilines is 1. The third kappa shape index (κ3) is 7.11. The maximum absolute atomic E-state index is 13.4. The highest BCUT2D eigenvalue weighted by atomic mass is 16.6. The molecule has 0 aliphatic rings. The number of ether oxygens (including phenoxy) is 1. The Morgan fingerprint density at radius 1 is 1.03 bits per heavy atom. The molecule has 3 amide bonds. The zero-order valence-electron chi connectivity index (χ0n) is 20.0. The van der Waals surface area contributed by atoms with Crippen LogP contribution < -0.4 is 10.6 Å². The molecule has 2 rings (SSSR count). The summed E-state index contributed by atoms with van der Waals surface area (Å²) in [6.07, 6.45) is 4.93. The highest BCUT2D eigenvalue weighted by Gasteiger charge is 2.31. The normalized spacial score (nSPS) is 11.7. The predicted octanol–water partition coefficient (Wildman–Crippen LogP) is 4.24. The summed E-state index contributed by atoms with van der Waals surface area (Å²) >= 11 is 0. The molecule has 1 atom stereocenters. The molecule has 2 N–H and O–H groups in total. The van der Waals surface area contributed by atoms with Crippen LogP contribution in [0.25, 0.3) is 0 Å². The fraction of sp³-hybridized carbons (Fsp3) is 0.346. The number of aryl methyl sites for hydroxylation is 3. The Balaban J connectivity index is 2.34. The molecule has 0 aliphatic heterocycles. The minimum absolute atomic E-state index is 0.419. The molecular formula is C26H31N3O4. The van der Waals surface area contributed by atoms with Crippen LogP contribution in [-0.2, 0) is 14.3 Å². The smallest absolute Gasteiger partial charge is 0.408 e. The van der Waals surface area contributed by atoms with Crippen molar-refractivity contribution in [3.8, 4) is 12.5 Å². The van der Waals surface area contributed by atoms with Crippen molar-refractivity contribution >= 4 is 23.6 Å². The van der Waals surface area contributed by atoms with Gasteiger partial charge in [-0.2, -0.15) is 0 Å². The number of carbonyl (C=O) groups excluding carboxylic acids is 3. The number of terminal acetylenes is 1. The molecule has 0 saturated carbocycles. The number of rotatable bonds is 6. The Hall–Kier alpha value is -3.79. The molecule has 0 fully saturated rings. The van der Waals surface area contributed by atoms with Crippen LogP contribution in [0.1, 0.15) is 49.1 Å². The molecule has 0 radical (unpaired) electrons. The Morgan fingerprint density at radius 2 is 1.70 bits per heavy atom. The van der Waals surface area contributed by atoms with E-state index in [1.807, 2.05) is 51.1 Å². The minimum Gasteiger partial charge on any atom is -0.444 e. The third-order valence-electron chi connectivity index (χ3n) is 4.95. The lowest BCUT2D eigenvalue weighted by molar-refractivity contribution is -0.134. The quantitative estimate of drug-likeness (QED) is 0.510. The topological polar surface area (TPSA) is 87.7 Å². The molecule has 0 spiro atoms. The Labute approximate surface area is 195 Å².